The topological polar surface area (TPSA) is 43.8 Å². The van der Waals surface area contributed by atoms with E-state index in [0.717, 1.165) is 39.6 Å². The summed E-state index contributed by atoms with van der Waals surface area (Å²) in [5.74, 6) is 0.982. The van der Waals surface area contributed by atoms with E-state index in [-0.39, 0.29) is 0 Å². The molecule has 96 valence electrons. The number of nitrogens with two attached hydrogens (primary N) is 1. The molecule has 3 aromatic rings. The Morgan fingerprint density at radius 3 is 2.79 bits per heavy atom. The highest BCUT2D eigenvalue weighted by Gasteiger charge is 2.09. The van der Waals surface area contributed by atoms with E-state index in [1.807, 2.05) is 49.5 Å². The quantitative estimate of drug-likeness (QED) is 0.726. The van der Waals surface area contributed by atoms with Gasteiger partial charge in [-0.05, 0) is 29.8 Å². The third-order valence-electron chi connectivity index (χ3n) is 3.34. The normalized spacial score (nSPS) is 11.1. The van der Waals surface area contributed by atoms with Crippen LogP contribution in [0.25, 0.3) is 11.0 Å². The van der Waals surface area contributed by atoms with Gasteiger partial charge in [-0.1, -0.05) is 29.8 Å². The highest BCUT2D eigenvalue weighted by atomic mass is 35.5. The number of benzene rings is 2. The Labute approximate surface area is 116 Å². The SMILES string of the molecule is Cn1c(Cc2ccccc2N)nc2ccc(Cl)cc21. The van der Waals surface area contributed by atoms with Crippen molar-refractivity contribution < 1.29 is 0 Å². The van der Waals surface area contributed by atoms with Crippen LogP contribution in [0.2, 0.25) is 5.02 Å². The van der Waals surface area contributed by atoms with Gasteiger partial charge in [0.1, 0.15) is 5.82 Å². The predicted octanol–water partition coefficient (Wildman–Crippen LogP) is 3.40. The number of rotatable bonds is 2. The van der Waals surface area contributed by atoms with E-state index >= 15 is 0 Å². The summed E-state index contributed by atoms with van der Waals surface area (Å²) in [5.41, 5.74) is 9.86. The maximum absolute atomic E-state index is 6.02. The highest BCUT2D eigenvalue weighted by molar-refractivity contribution is 6.31. The van der Waals surface area contributed by atoms with Gasteiger partial charge in [-0.15, -0.1) is 0 Å². The number of imidazole rings is 1. The van der Waals surface area contributed by atoms with E-state index in [1.165, 1.54) is 0 Å². The zero-order chi connectivity index (χ0) is 13.4. The van der Waals surface area contributed by atoms with E-state index in [4.69, 9.17) is 17.3 Å². The first-order valence-corrected chi connectivity index (χ1v) is 6.47. The third kappa shape index (κ3) is 2.17. The molecule has 0 aliphatic carbocycles. The molecule has 2 N–H and O–H groups in total. The first kappa shape index (κ1) is 12.1. The standard InChI is InChI=1S/C15H14ClN3/c1-19-14-9-11(16)6-7-13(14)18-15(19)8-10-4-2-3-5-12(10)17/h2-7,9H,8,17H2,1H3. The fourth-order valence-electron chi connectivity index (χ4n) is 2.24. The second kappa shape index (κ2) is 4.59. The molecule has 1 heterocycles. The zero-order valence-corrected chi connectivity index (χ0v) is 11.4. The van der Waals surface area contributed by atoms with Gasteiger partial charge >= 0.3 is 0 Å². The average molecular weight is 272 g/mol. The maximum Gasteiger partial charge on any atom is 0.114 e. The lowest BCUT2D eigenvalue weighted by atomic mass is 10.1. The minimum atomic E-state index is 0.718. The number of halogens is 1. The van der Waals surface area contributed by atoms with Crippen LogP contribution in [-0.4, -0.2) is 9.55 Å². The van der Waals surface area contributed by atoms with Crippen LogP contribution in [0.15, 0.2) is 42.5 Å². The van der Waals surface area contributed by atoms with E-state index < -0.39 is 0 Å². The van der Waals surface area contributed by atoms with Crippen molar-refractivity contribution in [2.45, 2.75) is 6.42 Å². The first-order chi connectivity index (χ1) is 9.15. The van der Waals surface area contributed by atoms with E-state index in [0.29, 0.717) is 0 Å². The second-order valence-electron chi connectivity index (χ2n) is 4.60. The molecule has 3 rings (SSSR count). The summed E-state index contributed by atoms with van der Waals surface area (Å²) in [6, 6.07) is 13.6. The van der Waals surface area contributed by atoms with Crippen LogP contribution in [0.5, 0.6) is 0 Å². The van der Waals surface area contributed by atoms with Gasteiger partial charge in [0.2, 0.25) is 0 Å². The zero-order valence-electron chi connectivity index (χ0n) is 10.6. The number of fused-ring (bicyclic) bond motifs is 1. The van der Waals surface area contributed by atoms with Crippen LogP contribution in [0.1, 0.15) is 11.4 Å². The van der Waals surface area contributed by atoms with Crippen molar-refractivity contribution in [2.75, 3.05) is 5.73 Å². The largest absolute Gasteiger partial charge is 0.398 e. The molecule has 4 heteroatoms. The molecular weight excluding hydrogens is 258 g/mol. The Morgan fingerprint density at radius 2 is 2.00 bits per heavy atom. The van der Waals surface area contributed by atoms with Gasteiger partial charge in [-0.2, -0.15) is 0 Å². The summed E-state index contributed by atoms with van der Waals surface area (Å²) in [4.78, 5) is 4.64. The summed E-state index contributed by atoms with van der Waals surface area (Å²) in [6.45, 7) is 0. The Morgan fingerprint density at radius 1 is 1.21 bits per heavy atom. The minimum Gasteiger partial charge on any atom is -0.398 e. The number of anilines is 1. The summed E-state index contributed by atoms with van der Waals surface area (Å²) >= 11 is 6.02. The maximum atomic E-state index is 6.02. The fraction of sp³-hybridized carbons (Fsp3) is 0.133. The van der Waals surface area contributed by atoms with Crippen LogP contribution >= 0.6 is 11.6 Å². The molecule has 0 unspecified atom stereocenters. The molecule has 0 aliphatic heterocycles. The number of aryl methyl sites for hydroxylation is 1. The summed E-state index contributed by atoms with van der Waals surface area (Å²) < 4.78 is 2.06. The van der Waals surface area contributed by atoms with Gasteiger partial charge in [-0.3, -0.25) is 0 Å². The lowest BCUT2D eigenvalue weighted by molar-refractivity contribution is 0.845. The molecule has 0 saturated heterocycles. The van der Waals surface area contributed by atoms with Crippen LogP contribution in [0, 0.1) is 0 Å². The molecule has 0 fully saturated rings. The summed E-state index contributed by atoms with van der Waals surface area (Å²) in [6.07, 6.45) is 0.718. The number of nitrogen functional groups attached to an aromatic ring is 1. The second-order valence-corrected chi connectivity index (χ2v) is 5.03. The summed E-state index contributed by atoms with van der Waals surface area (Å²) in [5, 5.41) is 0.723. The third-order valence-corrected chi connectivity index (χ3v) is 3.57. The fourth-order valence-corrected chi connectivity index (χ4v) is 2.40. The molecule has 0 radical (unpaired) electrons. The van der Waals surface area contributed by atoms with Gasteiger partial charge in [0, 0.05) is 24.2 Å². The van der Waals surface area contributed by atoms with Crippen LogP contribution in [0.4, 0.5) is 5.69 Å². The molecule has 2 aromatic carbocycles. The van der Waals surface area contributed by atoms with Crippen molar-refractivity contribution in [3.8, 4) is 0 Å². The van der Waals surface area contributed by atoms with Crippen LogP contribution < -0.4 is 5.73 Å². The molecule has 0 spiro atoms. The predicted molar refractivity (Wildman–Crippen MR) is 79.4 cm³/mol. The van der Waals surface area contributed by atoms with E-state index in [9.17, 15) is 0 Å². The number of para-hydroxylation sites is 1. The van der Waals surface area contributed by atoms with Crippen molar-refractivity contribution in [3.63, 3.8) is 0 Å². The number of hydrogen-bond donors (Lipinski definition) is 1. The summed E-state index contributed by atoms with van der Waals surface area (Å²) in [7, 11) is 2.00. The Balaban J connectivity index is 2.07. The van der Waals surface area contributed by atoms with Gasteiger partial charge in [0.05, 0.1) is 11.0 Å². The Kier molecular flexibility index (Phi) is 2.91. The number of hydrogen-bond acceptors (Lipinski definition) is 2. The van der Waals surface area contributed by atoms with Gasteiger partial charge in [0.25, 0.3) is 0 Å². The molecule has 3 nitrogen and oxygen atoms in total. The monoisotopic (exact) mass is 271 g/mol. The molecule has 1 aromatic heterocycles. The molecule has 0 saturated carbocycles. The average Bonchev–Trinajstić information content (AvgIpc) is 2.70. The number of aromatic nitrogens is 2. The van der Waals surface area contributed by atoms with Crippen molar-refractivity contribution in [1.82, 2.24) is 9.55 Å². The van der Waals surface area contributed by atoms with Gasteiger partial charge in [0.15, 0.2) is 0 Å². The molecule has 0 aliphatic rings. The molecular formula is C15H14ClN3. The van der Waals surface area contributed by atoms with Crippen molar-refractivity contribution in [1.29, 1.82) is 0 Å². The minimum absolute atomic E-state index is 0.718. The Bertz CT molecular complexity index is 746. The lowest BCUT2D eigenvalue weighted by Gasteiger charge is -2.05. The van der Waals surface area contributed by atoms with Gasteiger partial charge in [-0.25, -0.2) is 4.98 Å². The van der Waals surface area contributed by atoms with Crippen LogP contribution in [0.3, 0.4) is 0 Å². The molecule has 0 bridgehead atoms. The molecule has 0 atom stereocenters. The first-order valence-electron chi connectivity index (χ1n) is 6.09. The highest BCUT2D eigenvalue weighted by Crippen LogP contribution is 2.22. The van der Waals surface area contributed by atoms with E-state index in [1.54, 1.807) is 0 Å². The Hall–Kier alpha value is -2.00. The van der Waals surface area contributed by atoms with Crippen molar-refractivity contribution in [3.05, 3.63) is 58.9 Å². The molecule has 0 amide bonds. The number of nitrogens with zero attached hydrogens (tertiary/aromatic N) is 2. The van der Waals surface area contributed by atoms with Crippen LogP contribution in [-0.2, 0) is 13.5 Å². The van der Waals surface area contributed by atoms with E-state index in [2.05, 4.69) is 9.55 Å². The lowest BCUT2D eigenvalue weighted by Crippen LogP contribution is -2.01. The van der Waals surface area contributed by atoms with Crippen molar-refractivity contribution >= 4 is 28.3 Å². The molecule has 19 heavy (non-hydrogen) atoms. The van der Waals surface area contributed by atoms with Gasteiger partial charge < -0.3 is 10.3 Å². The van der Waals surface area contributed by atoms with Crippen molar-refractivity contribution in [2.24, 2.45) is 7.05 Å². The smallest absolute Gasteiger partial charge is 0.114 e.